The van der Waals surface area contributed by atoms with Gasteiger partial charge in [-0.05, 0) is 123 Å². The Hall–Kier alpha value is -8.83. The van der Waals surface area contributed by atoms with Crippen LogP contribution in [0.3, 0.4) is 0 Å². The summed E-state index contributed by atoms with van der Waals surface area (Å²) in [6, 6.07) is 85.7. The second kappa shape index (κ2) is 18.5. The Bertz CT molecular complexity index is 4010. The second-order valence-corrected chi connectivity index (χ2v) is 19.5. The van der Waals surface area contributed by atoms with Crippen LogP contribution in [0.5, 0.6) is 0 Å². The van der Waals surface area contributed by atoms with Crippen LogP contribution in [0, 0.1) is 5.82 Å². The molecule has 12 aromatic rings. The molecule has 11 aromatic carbocycles. The molecular formula is C68H47FN2S. The summed E-state index contributed by atoms with van der Waals surface area (Å²) >= 11 is 1.82. The predicted octanol–water partition coefficient (Wildman–Crippen LogP) is 20.0. The first-order chi connectivity index (χ1) is 35.6. The fourth-order valence-electron chi connectivity index (χ4n) is 10.8. The molecule has 0 amide bonds. The Morgan fingerprint density at radius 3 is 1.69 bits per heavy atom. The van der Waals surface area contributed by atoms with Crippen molar-refractivity contribution in [1.29, 1.82) is 0 Å². The lowest BCUT2D eigenvalue weighted by Gasteiger charge is -2.29. The molecule has 1 heterocycles. The van der Waals surface area contributed by atoms with Crippen LogP contribution < -0.4 is 9.80 Å². The molecule has 0 spiro atoms. The highest BCUT2D eigenvalue weighted by Crippen LogP contribution is 2.49. The molecule has 13 rings (SSSR count). The first kappa shape index (κ1) is 43.2. The quantitative estimate of drug-likeness (QED) is 0.126. The van der Waals surface area contributed by atoms with Crippen LogP contribution in [0.4, 0.5) is 38.5 Å². The molecule has 0 fully saturated rings. The fraction of sp³-hybridized carbons (Fsp3) is 0.0294. The van der Waals surface area contributed by atoms with Crippen molar-refractivity contribution in [2.45, 2.75) is 12.3 Å². The normalized spacial score (nSPS) is 13.3. The molecule has 4 heteroatoms. The van der Waals surface area contributed by atoms with E-state index in [4.69, 9.17) is 0 Å². The average molecular weight is 943 g/mol. The van der Waals surface area contributed by atoms with Crippen LogP contribution in [0.25, 0.3) is 75.1 Å². The van der Waals surface area contributed by atoms with E-state index in [2.05, 4.69) is 234 Å². The van der Waals surface area contributed by atoms with Crippen LogP contribution in [0.1, 0.15) is 17.9 Å². The van der Waals surface area contributed by atoms with Gasteiger partial charge in [-0.2, -0.15) is 0 Å². The maximum absolute atomic E-state index is 17.3. The van der Waals surface area contributed by atoms with Gasteiger partial charge in [0.1, 0.15) is 5.82 Å². The standard InChI is InChI=1S/C68H47FN2S/c69-63-44-51(46-20-6-1-7-21-46)43-61(49-24-10-3-11-25-49)67(63)71(53-28-14-5-15-29-53)55-39-41-60-65(45-55)72-68-59-40-36-50(42-62(59)57-31-16-17-32-58(57)66(60)68)47-34-37-54(38-35-47)70(52-26-12-4-13-27-52)64-33-19-18-30-56(64)48-22-8-2-9-23-48/h1-20,22-46H,21H2. The average Bonchev–Trinajstić information content (AvgIpc) is 3.85. The summed E-state index contributed by atoms with van der Waals surface area (Å²) < 4.78 is 19.7. The Morgan fingerprint density at radius 2 is 0.986 bits per heavy atom. The summed E-state index contributed by atoms with van der Waals surface area (Å²) in [4.78, 5) is 4.46. The maximum atomic E-state index is 17.3. The maximum Gasteiger partial charge on any atom is 0.148 e. The van der Waals surface area contributed by atoms with E-state index in [9.17, 15) is 0 Å². The SMILES string of the molecule is Fc1cc(C2C=CC=CC2)cc(-c2ccccc2)c1N(c1ccccc1)c1ccc2c(c1)sc1c3ccc(-c4ccc(N(c5ccccc5)c5ccccc5-c5ccccc5)cc4)cc3c3ccccc3c21. The van der Waals surface area contributed by atoms with Gasteiger partial charge in [-0.25, -0.2) is 4.39 Å². The molecular weight excluding hydrogens is 896 g/mol. The number of benzene rings is 11. The minimum Gasteiger partial charge on any atom is -0.310 e. The topological polar surface area (TPSA) is 6.48 Å². The van der Waals surface area contributed by atoms with Crippen LogP contribution in [-0.2, 0) is 0 Å². The molecule has 1 unspecified atom stereocenters. The second-order valence-electron chi connectivity index (χ2n) is 18.5. The van der Waals surface area contributed by atoms with Crippen molar-refractivity contribution in [1.82, 2.24) is 0 Å². The molecule has 1 aromatic heterocycles. The Morgan fingerprint density at radius 1 is 0.403 bits per heavy atom. The Labute approximate surface area is 423 Å². The molecule has 72 heavy (non-hydrogen) atoms. The molecule has 0 saturated heterocycles. The monoisotopic (exact) mass is 942 g/mol. The lowest BCUT2D eigenvalue weighted by atomic mass is 9.89. The zero-order chi connectivity index (χ0) is 48.0. The number of halogens is 1. The van der Waals surface area contributed by atoms with Gasteiger partial charge < -0.3 is 9.80 Å². The third kappa shape index (κ3) is 7.74. The van der Waals surface area contributed by atoms with Crippen molar-refractivity contribution in [3.63, 3.8) is 0 Å². The van der Waals surface area contributed by atoms with Crippen LogP contribution in [0.2, 0.25) is 0 Å². The first-order valence-electron chi connectivity index (χ1n) is 24.6. The number of fused-ring (bicyclic) bond motifs is 8. The van der Waals surface area contributed by atoms with Gasteiger partial charge in [-0.15, -0.1) is 11.3 Å². The van der Waals surface area contributed by atoms with E-state index in [1.54, 1.807) is 6.07 Å². The van der Waals surface area contributed by atoms with Crippen molar-refractivity contribution in [3.05, 3.63) is 278 Å². The highest BCUT2D eigenvalue weighted by Gasteiger charge is 2.26. The fourth-order valence-corrected chi connectivity index (χ4v) is 12.1. The molecule has 1 atom stereocenters. The largest absolute Gasteiger partial charge is 0.310 e. The molecule has 0 N–H and O–H groups in total. The van der Waals surface area contributed by atoms with Gasteiger partial charge in [-0.1, -0.05) is 194 Å². The highest BCUT2D eigenvalue weighted by molar-refractivity contribution is 7.27. The smallest absolute Gasteiger partial charge is 0.148 e. The van der Waals surface area contributed by atoms with E-state index in [0.717, 1.165) is 67.4 Å². The van der Waals surface area contributed by atoms with Crippen LogP contribution >= 0.6 is 11.3 Å². The predicted molar refractivity (Wildman–Crippen MR) is 306 cm³/mol. The van der Waals surface area contributed by atoms with E-state index in [-0.39, 0.29) is 11.7 Å². The summed E-state index contributed by atoms with van der Waals surface area (Å²) in [5.41, 5.74) is 13.1. The van der Waals surface area contributed by atoms with Crippen LogP contribution in [-0.4, -0.2) is 0 Å². The third-order valence-corrected chi connectivity index (χ3v) is 15.4. The van der Waals surface area contributed by atoms with E-state index in [1.165, 1.54) is 48.1 Å². The molecule has 1 aliphatic carbocycles. The van der Waals surface area contributed by atoms with Gasteiger partial charge in [0.05, 0.1) is 11.4 Å². The van der Waals surface area contributed by atoms with Gasteiger partial charge in [0.15, 0.2) is 0 Å². The van der Waals surface area contributed by atoms with Crippen molar-refractivity contribution >= 4 is 87.2 Å². The van der Waals surface area contributed by atoms with Gasteiger partial charge in [0.2, 0.25) is 0 Å². The summed E-state index contributed by atoms with van der Waals surface area (Å²) in [6.07, 6.45) is 9.31. The minimum absolute atomic E-state index is 0.104. The third-order valence-electron chi connectivity index (χ3n) is 14.2. The Kier molecular flexibility index (Phi) is 11.1. The summed E-state index contributed by atoms with van der Waals surface area (Å²) in [7, 11) is 0. The lowest BCUT2D eigenvalue weighted by Crippen LogP contribution is -2.14. The number of hydrogen-bond acceptors (Lipinski definition) is 3. The van der Waals surface area contributed by atoms with Crippen LogP contribution in [0.15, 0.2) is 267 Å². The van der Waals surface area contributed by atoms with Crippen molar-refractivity contribution in [2.24, 2.45) is 0 Å². The van der Waals surface area contributed by atoms with Crippen molar-refractivity contribution in [2.75, 3.05) is 9.80 Å². The lowest BCUT2D eigenvalue weighted by molar-refractivity contribution is 0.625. The summed E-state index contributed by atoms with van der Waals surface area (Å²) in [5.74, 6) is -0.147. The molecule has 0 saturated carbocycles. The number of allylic oxidation sites excluding steroid dienone is 4. The molecule has 0 bridgehead atoms. The van der Waals surface area contributed by atoms with Gasteiger partial charge in [0, 0.05) is 65.4 Å². The summed E-state index contributed by atoms with van der Waals surface area (Å²) in [6.45, 7) is 0. The number of hydrogen-bond donors (Lipinski definition) is 0. The number of nitrogens with zero attached hydrogens (tertiary/aromatic N) is 2. The number of para-hydroxylation sites is 3. The molecule has 2 nitrogen and oxygen atoms in total. The van der Waals surface area contributed by atoms with Gasteiger partial charge in [0.25, 0.3) is 0 Å². The number of rotatable bonds is 10. The van der Waals surface area contributed by atoms with Gasteiger partial charge in [-0.3, -0.25) is 0 Å². The highest BCUT2D eigenvalue weighted by atomic mass is 32.1. The molecule has 0 radical (unpaired) electrons. The van der Waals surface area contributed by atoms with Crippen molar-refractivity contribution < 1.29 is 4.39 Å². The van der Waals surface area contributed by atoms with E-state index in [1.807, 2.05) is 47.7 Å². The first-order valence-corrected chi connectivity index (χ1v) is 25.4. The zero-order valence-electron chi connectivity index (χ0n) is 39.4. The summed E-state index contributed by atoms with van der Waals surface area (Å²) in [5, 5.41) is 7.33. The number of anilines is 6. The minimum atomic E-state index is -0.251. The zero-order valence-corrected chi connectivity index (χ0v) is 40.2. The molecule has 0 aliphatic heterocycles. The van der Waals surface area contributed by atoms with E-state index < -0.39 is 0 Å². The van der Waals surface area contributed by atoms with E-state index in [0.29, 0.717) is 5.69 Å². The number of thiophene rings is 1. The van der Waals surface area contributed by atoms with Gasteiger partial charge >= 0.3 is 0 Å². The van der Waals surface area contributed by atoms with E-state index >= 15 is 4.39 Å². The molecule has 1 aliphatic rings. The molecule has 342 valence electrons. The van der Waals surface area contributed by atoms with Crippen molar-refractivity contribution in [3.8, 4) is 33.4 Å². The Balaban J connectivity index is 0.927.